The SMILES string of the molecule is COc1ccc2nc(N(CCN(C)C)C(=O)c3cc(Cl)ccc3OC)sc2c1. The molecule has 0 bridgehead atoms. The van der Waals surface area contributed by atoms with Crippen molar-refractivity contribution in [3.63, 3.8) is 0 Å². The van der Waals surface area contributed by atoms with E-state index in [-0.39, 0.29) is 5.91 Å². The first kappa shape index (κ1) is 20.4. The summed E-state index contributed by atoms with van der Waals surface area (Å²) in [6.07, 6.45) is 0. The lowest BCUT2D eigenvalue weighted by Gasteiger charge is -2.23. The van der Waals surface area contributed by atoms with E-state index in [1.165, 1.54) is 18.4 Å². The third kappa shape index (κ3) is 4.38. The standard InChI is InChI=1S/C20H22ClN3O3S/c1-23(2)9-10-24(19(25)15-11-13(21)5-8-17(15)27-4)20-22-16-7-6-14(26-3)12-18(16)28-20/h5-8,11-12H,9-10H2,1-4H3. The minimum atomic E-state index is -0.202. The van der Waals surface area contributed by atoms with Crippen molar-refractivity contribution >= 4 is 44.2 Å². The number of fused-ring (bicyclic) bond motifs is 1. The van der Waals surface area contributed by atoms with E-state index >= 15 is 0 Å². The molecular formula is C20H22ClN3O3S. The second kappa shape index (κ2) is 8.77. The molecule has 6 nitrogen and oxygen atoms in total. The number of ether oxygens (including phenoxy) is 2. The molecule has 0 atom stereocenters. The lowest BCUT2D eigenvalue weighted by molar-refractivity contribution is 0.0982. The Balaban J connectivity index is 2.04. The van der Waals surface area contributed by atoms with Gasteiger partial charge in [-0.05, 0) is 50.5 Å². The average Bonchev–Trinajstić information content (AvgIpc) is 3.10. The van der Waals surface area contributed by atoms with Crippen molar-refractivity contribution in [1.29, 1.82) is 0 Å². The fourth-order valence-corrected chi connectivity index (χ4v) is 3.90. The first-order valence-electron chi connectivity index (χ1n) is 8.67. The number of methoxy groups -OCH3 is 2. The molecule has 0 N–H and O–H groups in total. The Bertz CT molecular complexity index is 990. The van der Waals surface area contributed by atoms with E-state index in [0.717, 1.165) is 16.0 Å². The summed E-state index contributed by atoms with van der Waals surface area (Å²) in [6, 6.07) is 10.7. The van der Waals surface area contributed by atoms with Gasteiger partial charge in [0.2, 0.25) is 0 Å². The first-order valence-corrected chi connectivity index (χ1v) is 9.87. The van der Waals surface area contributed by atoms with Crippen LogP contribution < -0.4 is 14.4 Å². The van der Waals surface area contributed by atoms with Crippen LogP contribution in [0.2, 0.25) is 5.02 Å². The zero-order valence-corrected chi connectivity index (χ0v) is 17.8. The lowest BCUT2D eigenvalue weighted by atomic mass is 10.1. The van der Waals surface area contributed by atoms with Gasteiger partial charge < -0.3 is 14.4 Å². The average molecular weight is 420 g/mol. The molecule has 3 aromatic rings. The number of nitrogens with zero attached hydrogens (tertiary/aromatic N) is 3. The predicted octanol–water partition coefficient (Wildman–Crippen LogP) is 4.18. The van der Waals surface area contributed by atoms with E-state index < -0.39 is 0 Å². The molecule has 28 heavy (non-hydrogen) atoms. The number of aromatic nitrogens is 1. The number of hydrogen-bond acceptors (Lipinski definition) is 6. The van der Waals surface area contributed by atoms with E-state index in [9.17, 15) is 4.79 Å². The number of hydrogen-bond donors (Lipinski definition) is 0. The second-order valence-electron chi connectivity index (χ2n) is 6.43. The van der Waals surface area contributed by atoms with Gasteiger partial charge in [-0.15, -0.1) is 0 Å². The Hall–Kier alpha value is -2.35. The highest BCUT2D eigenvalue weighted by molar-refractivity contribution is 7.22. The topological polar surface area (TPSA) is 54.9 Å². The summed E-state index contributed by atoms with van der Waals surface area (Å²) >= 11 is 7.58. The van der Waals surface area contributed by atoms with E-state index in [0.29, 0.717) is 34.6 Å². The van der Waals surface area contributed by atoms with E-state index in [1.54, 1.807) is 30.2 Å². The van der Waals surface area contributed by atoms with Gasteiger partial charge in [0.05, 0.1) is 30.0 Å². The molecule has 1 amide bonds. The molecule has 0 saturated heterocycles. The third-order valence-electron chi connectivity index (χ3n) is 4.22. The highest BCUT2D eigenvalue weighted by Gasteiger charge is 2.24. The van der Waals surface area contributed by atoms with Crippen LogP contribution in [0.15, 0.2) is 36.4 Å². The summed E-state index contributed by atoms with van der Waals surface area (Å²) in [5.74, 6) is 1.03. The minimum absolute atomic E-state index is 0.202. The molecule has 148 valence electrons. The normalized spacial score (nSPS) is 11.1. The Morgan fingerprint density at radius 3 is 2.57 bits per heavy atom. The molecule has 0 fully saturated rings. The Morgan fingerprint density at radius 2 is 1.89 bits per heavy atom. The van der Waals surface area contributed by atoms with Gasteiger partial charge >= 0.3 is 0 Å². The zero-order valence-electron chi connectivity index (χ0n) is 16.2. The molecule has 0 saturated carbocycles. The summed E-state index contributed by atoms with van der Waals surface area (Å²) in [7, 11) is 7.09. The van der Waals surface area contributed by atoms with E-state index in [2.05, 4.69) is 4.98 Å². The number of likely N-dealkylation sites (N-methyl/N-ethyl adjacent to an activating group) is 1. The highest BCUT2D eigenvalue weighted by atomic mass is 35.5. The molecule has 0 radical (unpaired) electrons. The monoisotopic (exact) mass is 419 g/mol. The largest absolute Gasteiger partial charge is 0.497 e. The van der Waals surface area contributed by atoms with Gasteiger partial charge in [0.15, 0.2) is 5.13 Å². The number of benzene rings is 2. The maximum absolute atomic E-state index is 13.4. The number of amides is 1. The Kier molecular flexibility index (Phi) is 6.39. The molecule has 0 unspecified atom stereocenters. The van der Waals surface area contributed by atoms with Crippen LogP contribution in [0.5, 0.6) is 11.5 Å². The summed E-state index contributed by atoms with van der Waals surface area (Å²) in [4.78, 5) is 21.8. The van der Waals surface area contributed by atoms with E-state index in [1.807, 2.05) is 37.2 Å². The third-order valence-corrected chi connectivity index (χ3v) is 5.50. The molecule has 0 aliphatic carbocycles. The predicted molar refractivity (Wildman–Crippen MR) is 114 cm³/mol. The molecule has 0 aliphatic heterocycles. The number of thiazole rings is 1. The Morgan fingerprint density at radius 1 is 1.11 bits per heavy atom. The van der Waals surface area contributed by atoms with Gasteiger partial charge in [0, 0.05) is 18.1 Å². The van der Waals surface area contributed by atoms with Crippen LogP contribution in [0.1, 0.15) is 10.4 Å². The number of anilines is 1. The van der Waals surface area contributed by atoms with Crippen LogP contribution >= 0.6 is 22.9 Å². The summed E-state index contributed by atoms with van der Waals surface area (Å²) in [5.41, 5.74) is 1.23. The smallest absolute Gasteiger partial charge is 0.263 e. The van der Waals surface area contributed by atoms with Crippen LogP contribution in [-0.4, -0.2) is 57.2 Å². The van der Waals surface area contributed by atoms with Crippen LogP contribution in [0, 0.1) is 0 Å². The maximum atomic E-state index is 13.4. The fraction of sp³-hybridized carbons (Fsp3) is 0.300. The minimum Gasteiger partial charge on any atom is -0.497 e. The fourth-order valence-electron chi connectivity index (χ4n) is 2.71. The number of halogens is 1. The molecule has 3 rings (SSSR count). The maximum Gasteiger partial charge on any atom is 0.263 e. The van der Waals surface area contributed by atoms with Gasteiger partial charge in [0.25, 0.3) is 5.91 Å². The summed E-state index contributed by atoms with van der Waals surface area (Å²) < 4.78 is 11.6. The summed E-state index contributed by atoms with van der Waals surface area (Å²) in [5, 5.41) is 1.10. The van der Waals surface area contributed by atoms with Crippen LogP contribution in [-0.2, 0) is 0 Å². The van der Waals surface area contributed by atoms with E-state index in [4.69, 9.17) is 21.1 Å². The quantitative estimate of drug-likeness (QED) is 0.575. The molecule has 2 aromatic carbocycles. The molecule has 8 heteroatoms. The van der Waals surface area contributed by atoms with Gasteiger partial charge in [-0.3, -0.25) is 9.69 Å². The van der Waals surface area contributed by atoms with Gasteiger partial charge in [-0.25, -0.2) is 4.98 Å². The van der Waals surface area contributed by atoms with Crippen molar-refractivity contribution in [2.75, 3.05) is 46.3 Å². The Labute approximate surface area is 173 Å². The van der Waals surface area contributed by atoms with Gasteiger partial charge in [0.1, 0.15) is 11.5 Å². The lowest BCUT2D eigenvalue weighted by Crippen LogP contribution is -2.37. The van der Waals surface area contributed by atoms with Crippen molar-refractivity contribution in [1.82, 2.24) is 9.88 Å². The van der Waals surface area contributed by atoms with Crippen molar-refractivity contribution in [3.05, 3.63) is 47.0 Å². The molecule has 0 aliphatic rings. The van der Waals surface area contributed by atoms with Crippen molar-refractivity contribution in [2.24, 2.45) is 0 Å². The first-order chi connectivity index (χ1) is 13.4. The number of rotatable bonds is 7. The van der Waals surface area contributed by atoms with Gasteiger partial charge in [-0.1, -0.05) is 22.9 Å². The van der Waals surface area contributed by atoms with Crippen molar-refractivity contribution < 1.29 is 14.3 Å². The number of carbonyl (C=O) groups is 1. The summed E-state index contributed by atoms with van der Waals surface area (Å²) in [6.45, 7) is 1.17. The molecule has 1 heterocycles. The molecular weight excluding hydrogens is 398 g/mol. The van der Waals surface area contributed by atoms with Crippen molar-refractivity contribution in [2.45, 2.75) is 0 Å². The van der Waals surface area contributed by atoms with Crippen LogP contribution in [0.25, 0.3) is 10.2 Å². The second-order valence-corrected chi connectivity index (χ2v) is 7.88. The van der Waals surface area contributed by atoms with Crippen LogP contribution in [0.3, 0.4) is 0 Å². The van der Waals surface area contributed by atoms with Gasteiger partial charge in [-0.2, -0.15) is 0 Å². The zero-order chi connectivity index (χ0) is 20.3. The van der Waals surface area contributed by atoms with Crippen molar-refractivity contribution in [3.8, 4) is 11.5 Å². The van der Waals surface area contributed by atoms with Crippen LogP contribution in [0.4, 0.5) is 5.13 Å². The molecule has 1 aromatic heterocycles. The molecule has 0 spiro atoms. The number of carbonyl (C=O) groups excluding carboxylic acids is 1. The highest BCUT2D eigenvalue weighted by Crippen LogP contribution is 2.33.